The summed E-state index contributed by atoms with van der Waals surface area (Å²) in [4.78, 5) is 15.0. The summed E-state index contributed by atoms with van der Waals surface area (Å²) in [6, 6.07) is 20.6. The van der Waals surface area contributed by atoms with Crippen LogP contribution < -0.4 is 15.2 Å². The molecular weight excluding hydrogens is 336 g/mol. The summed E-state index contributed by atoms with van der Waals surface area (Å²) >= 11 is 0. The molecule has 2 aromatic carbocycles. The first-order chi connectivity index (χ1) is 13.3. The zero-order chi connectivity index (χ0) is 18.7. The highest BCUT2D eigenvalue weighted by molar-refractivity contribution is 5.81. The summed E-state index contributed by atoms with van der Waals surface area (Å²) in [5, 5.41) is 3.99. The molecule has 140 valence electrons. The maximum absolute atomic E-state index is 12.0. The van der Waals surface area contributed by atoms with E-state index in [2.05, 4.69) is 40.9 Å². The Morgan fingerprint density at radius 1 is 0.926 bits per heavy atom. The van der Waals surface area contributed by atoms with Crippen LogP contribution in [-0.4, -0.2) is 44.8 Å². The standard InChI is InChI=1S/C22H26N4O/c27-22(24-23-13-7-12-20-8-3-1-4-9-20)19-26-16-14-25(15-17-26)18-21-10-5-2-6-11-21/h1-13H,14-19H2,(H,24,27)/p+2/b12-7+,23-13-. The average Bonchev–Trinajstić information content (AvgIpc) is 2.71. The van der Waals surface area contributed by atoms with Crippen LogP contribution in [0.1, 0.15) is 11.1 Å². The SMILES string of the molecule is O=C(C[NH+]1CC[NH+](Cc2ccccc2)CC1)N/N=C\C=C\c1ccccc1. The molecule has 0 radical (unpaired) electrons. The van der Waals surface area contributed by atoms with Crippen LogP contribution in [0.25, 0.3) is 6.08 Å². The molecule has 2 aromatic rings. The number of carbonyl (C=O) groups excluding carboxylic acids is 1. The highest BCUT2D eigenvalue weighted by atomic mass is 16.2. The van der Waals surface area contributed by atoms with Crippen LogP contribution in [0.4, 0.5) is 0 Å². The molecule has 0 spiro atoms. The topological polar surface area (TPSA) is 50.3 Å². The van der Waals surface area contributed by atoms with Gasteiger partial charge in [-0.1, -0.05) is 66.7 Å². The first-order valence-electron chi connectivity index (χ1n) is 9.54. The van der Waals surface area contributed by atoms with Crippen molar-refractivity contribution in [3.05, 3.63) is 77.9 Å². The molecule has 0 saturated carbocycles. The van der Waals surface area contributed by atoms with Gasteiger partial charge in [-0.25, -0.2) is 5.43 Å². The van der Waals surface area contributed by atoms with Crippen LogP contribution in [0.3, 0.4) is 0 Å². The van der Waals surface area contributed by atoms with Crippen LogP contribution in [0.15, 0.2) is 71.8 Å². The third kappa shape index (κ3) is 6.81. The molecule has 27 heavy (non-hydrogen) atoms. The summed E-state index contributed by atoms with van der Waals surface area (Å²) in [5.41, 5.74) is 5.11. The lowest BCUT2D eigenvalue weighted by Gasteiger charge is -2.29. The molecule has 1 amide bonds. The maximum Gasteiger partial charge on any atom is 0.295 e. The van der Waals surface area contributed by atoms with E-state index in [4.69, 9.17) is 0 Å². The van der Waals surface area contributed by atoms with Gasteiger partial charge >= 0.3 is 0 Å². The molecule has 3 N–H and O–H groups in total. The fraction of sp³-hybridized carbons (Fsp3) is 0.273. The highest BCUT2D eigenvalue weighted by Gasteiger charge is 2.24. The van der Waals surface area contributed by atoms with Crippen LogP contribution in [0.2, 0.25) is 0 Å². The van der Waals surface area contributed by atoms with Crippen molar-refractivity contribution in [1.29, 1.82) is 0 Å². The zero-order valence-corrected chi connectivity index (χ0v) is 15.6. The van der Waals surface area contributed by atoms with Gasteiger partial charge in [0.1, 0.15) is 32.7 Å². The quantitative estimate of drug-likeness (QED) is 0.462. The molecule has 5 heteroatoms. The number of carbonyl (C=O) groups is 1. The van der Waals surface area contributed by atoms with Gasteiger partial charge in [0, 0.05) is 11.8 Å². The minimum Gasteiger partial charge on any atom is -0.322 e. The van der Waals surface area contributed by atoms with E-state index >= 15 is 0 Å². The summed E-state index contributed by atoms with van der Waals surface area (Å²) in [6.07, 6.45) is 5.39. The number of rotatable bonds is 7. The van der Waals surface area contributed by atoms with Crippen molar-refractivity contribution in [1.82, 2.24) is 5.43 Å². The van der Waals surface area contributed by atoms with Crippen molar-refractivity contribution in [2.45, 2.75) is 6.54 Å². The number of hydrogen-bond donors (Lipinski definition) is 3. The summed E-state index contributed by atoms with van der Waals surface area (Å²) < 4.78 is 0. The van der Waals surface area contributed by atoms with E-state index in [0.717, 1.165) is 38.3 Å². The molecule has 1 saturated heterocycles. The van der Waals surface area contributed by atoms with E-state index in [1.165, 1.54) is 10.5 Å². The predicted molar refractivity (Wildman–Crippen MR) is 109 cm³/mol. The Morgan fingerprint density at radius 2 is 1.56 bits per heavy atom. The molecule has 1 aliphatic rings. The van der Waals surface area contributed by atoms with Gasteiger partial charge < -0.3 is 9.80 Å². The summed E-state index contributed by atoms with van der Waals surface area (Å²) in [5.74, 6) is -0.0270. The number of nitrogens with zero attached hydrogens (tertiary/aromatic N) is 1. The third-order valence-corrected chi connectivity index (χ3v) is 4.81. The Bertz CT molecular complexity index is 750. The van der Waals surface area contributed by atoms with Gasteiger partial charge in [-0.3, -0.25) is 4.79 Å². The number of nitrogens with one attached hydrogen (secondary N) is 3. The monoisotopic (exact) mass is 364 g/mol. The fourth-order valence-corrected chi connectivity index (χ4v) is 3.33. The van der Waals surface area contributed by atoms with Gasteiger partial charge in [0.05, 0.1) is 0 Å². The molecule has 1 fully saturated rings. The number of hydrogen-bond acceptors (Lipinski definition) is 2. The molecule has 0 aliphatic carbocycles. The largest absolute Gasteiger partial charge is 0.322 e. The molecular formula is C22H28N4O+2. The van der Waals surface area contributed by atoms with Crippen molar-refractivity contribution in [2.75, 3.05) is 32.7 Å². The lowest BCUT2D eigenvalue weighted by atomic mass is 10.2. The van der Waals surface area contributed by atoms with E-state index in [0.29, 0.717) is 6.54 Å². The third-order valence-electron chi connectivity index (χ3n) is 4.81. The number of piperazine rings is 1. The summed E-state index contributed by atoms with van der Waals surface area (Å²) in [6.45, 7) is 5.79. The number of allylic oxidation sites excluding steroid dienone is 1. The summed E-state index contributed by atoms with van der Waals surface area (Å²) in [7, 11) is 0. The molecule has 1 aliphatic heterocycles. The molecule has 0 aromatic heterocycles. The number of amides is 1. The van der Waals surface area contributed by atoms with Gasteiger partial charge in [0.2, 0.25) is 0 Å². The average molecular weight is 364 g/mol. The number of benzene rings is 2. The van der Waals surface area contributed by atoms with Gasteiger partial charge in [-0.05, 0) is 11.6 Å². The van der Waals surface area contributed by atoms with E-state index in [1.807, 2.05) is 42.5 Å². The van der Waals surface area contributed by atoms with E-state index in [1.54, 1.807) is 11.1 Å². The smallest absolute Gasteiger partial charge is 0.295 e. The van der Waals surface area contributed by atoms with Gasteiger partial charge in [-0.15, -0.1) is 0 Å². The Kier molecular flexibility index (Phi) is 7.33. The van der Waals surface area contributed by atoms with Crippen LogP contribution in [-0.2, 0) is 11.3 Å². The number of hydrazone groups is 1. The van der Waals surface area contributed by atoms with E-state index < -0.39 is 0 Å². The number of quaternary nitrogens is 2. The second kappa shape index (κ2) is 10.4. The normalized spacial score (nSPS) is 20.1. The Labute approximate surface area is 161 Å². The maximum atomic E-state index is 12.0. The van der Waals surface area contributed by atoms with E-state index in [-0.39, 0.29) is 5.91 Å². The lowest BCUT2D eigenvalue weighted by molar-refractivity contribution is -1.02. The minimum atomic E-state index is -0.0270. The molecule has 3 rings (SSSR count). The Balaban J connectivity index is 1.33. The molecule has 1 heterocycles. The van der Waals surface area contributed by atoms with Crippen molar-refractivity contribution >= 4 is 18.2 Å². The van der Waals surface area contributed by atoms with Crippen molar-refractivity contribution in [3.8, 4) is 0 Å². The van der Waals surface area contributed by atoms with Crippen molar-refractivity contribution in [2.24, 2.45) is 5.10 Å². The predicted octanol–water partition coefficient (Wildman–Crippen LogP) is -0.215. The molecule has 0 atom stereocenters. The first kappa shape index (κ1) is 19.0. The highest BCUT2D eigenvalue weighted by Crippen LogP contribution is 1.99. The van der Waals surface area contributed by atoms with Crippen molar-refractivity contribution < 1.29 is 14.6 Å². The van der Waals surface area contributed by atoms with Crippen LogP contribution in [0.5, 0.6) is 0 Å². The molecule has 0 bridgehead atoms. The second-order valence-corrected chi connectivity index (χ2v) is 6.92. The second-order valence-electron chi connectivity index (χ2n) is 6.92. The van der Waals surface area contributed by atoms with Gasteiger partial charge in [-0.2, -0.15) is 5.10 Å². The van der Waals surface area contributed by atoms with Gasteiger partial charge in [0.25, 0.3) is 5.91 Å². The molecule has 0 unspecified atom stereocenters. The van der Waals surface area contributed by atoms with Crippen molar-refractivity contribution in [3.63, 3.8) is 0 Å². The Morgan fingerprint density at radius 3 is 2.26 bits per heavy atom. The Hall–Kier alpha value is -2.76. The van der Waals surface area contributed by atoms with Crippen LogP contribution in [0, 0.1) is 0 Å². The van der Waals surface area contributed by atoms with Crippen LogP contribution >= 0.6 is 0 Å². The first-order valence-corrected chi connectivity index (χ1v) is 9.54. The lowest BCUT2D eigenvalue weighted by Crippen LogP contribution is -3.28. The minimum absolute atomic E-state index is 0.0270. The van der Waals surface area contributed by atoms with E-state index in [9.17, 15) is 4.79 Å². The fourth-order valence-electron chi connectivity index (χ4n) is 3.33. The zero-order valence-electron chi connectivity index (χ0n) is 15.6. The van der Waals surface area contributed by atoms with Gasteiger partial charge in [0.15, 0.2) is 6.54 Å². The molecule has 5 nitrogen and oxygen atoms in total.